The van der Waals surface area contributed by atoms with Gasteiger partial charge in [0.25, 0.3) is 0 Å². The van der Waals surface area contributed by atoms with Gasteiger partial charge in [0.15, 0.2) is 0 Å². The minimum atomic E-state index is 0.588. The molecule has 2 rings (SSSR count). The minimum Gasteiger partial charge on any atom is -0.316 e. The average Bonchev–Trinajstić information content (AvgIpc) is 2.80. The van der Waals surface area contributed by atoms with Crippen molar-refractivity contribution >= 4 is 0 Å². The van der Waals surface area contributed by atoms with Gasteiger partial charge in [-0.25, -0.2) is 0 Å². The van der Waals surface area contributed by atoms with Gasteiger partial charge in [-0.05, 0) is 57.0 Å². The molecule has 106 valence electrons. The molecule has 0 radical (unpaired) electrons. The summed E-state index contributed by atoms with van der Waals surface area (Å²) >= 11 is 0. The first-order valence-corrected chi connectivity index (χ1v) is 8.10. The molecule has 1 N–H and O–H groups in total. The maximum atomic E-state index is 3.62. The van der Waals surface area contributed by atoms with Crippen molar-refractivity contribution in [3.63, 3.8) is 0 Å². The molecule has 2 atom stereocenters. The number of rotatable bonds is 5. The largest absolute Gasteiger partial charge is 0.316 e. The van der Waals surface area contributed by atoms with Crippen LogP contribution in [0.15, 0.2) is 0 Å². The molecule has 2 heteroatoms. The fourth-order valence-electron chi connectivity index (χ4n) is 4.03. The number of nitrogens with one attached hydrogen (secondary N) is 1. The summed E-state index contributed by atoms with van der Waals surface area (Å²) < 4.78 is 0. The van der Waals surface area contributed by atoms with Gasteiger partial charge in [0, 0.05) is 19.1 Å². The van der Waals surface area contributed by atoms with Gasteiger partial charge in [-0.1, -0.05) is 26.7 Å². The molecule has 1 aliphatic carbocycles. The highest BCUT2D eigenvalue weighted by atomic mass is 15.2. The lowest BCUT2D eigenvalue weighted by molar-refractivity contribution is 0.0717. The molecule has 2 aliphatic rings. The van der Waals surface area contributed by atoms with Crippen LogP contribution >= 0.6 is 0 Å². The predicted molar refractivity (Wildman–Crippen MR) is 78.9 cm³/mol. The topological polar surface area (TPSA) is 15.3 Å². The van der Waals surface area contributed by atoms with E-state index >= 15 is 0 Å². The Balaban J connectivity index is 1.92. The second-order valence-corrected chi connectivity index (χ2v) is 6.94. The van der Waals surface area contributed by atoms with Crippen LogP contribution in [-0.2, 0) is 0 Å². The third-order valence-electron chi connectivity index (χ3n) is 5.23. The van der Waals surface area contributed by atoms with E-state index in [-0.39, 0.29) is 0 Å². The quantitative estimate of drug-likeness (QED) is 0.808. The number of likely N-dealkylation sites (tertiary alicyclic amines) is 1. The summed E-state index contributed by atoms with van der Waals surface area (Å²) in [5.41, 5.74) is 0.588. The molecule has 1 saturated carbocycles. The molecule has 0 amide bonds. The Labute approximate surface area is 114 Å². The Hall–Kier alpha value is -0.0800. The van der Waals surface area contributed by atoms with Gasteiger partial charge < -0.3 is 10.2 Å². The van der Waals surface area contributed by atoms with Gasteiger partial charge in [-0.2, -0.15) is 0 Å². The third kappa shape index (κ3) is 3.48. The van der Waals surface area contributed by atoms with Crippen LogP contribution < -0.4 is 5.32 Å². The van der Waals surface area contributed by atoms with Crippen molar-refractivity contribution in [1.29, 1.82) is 0 Å². The van der Waals surface area contributed by atoms with Crippen LogP contribution in [0.2, 0.25) is 0 Å². The first-order valence-electron chi connectivity index (χ1n) is 8.10. The van der Waals surface area contributed by atoms with Crippen molar-refractivity contribution in [3.05, 3.63) is 0 Å². The summed E-state index contributed by atoms with van der Waals surface area (Å²) in [5, 5.41) is 3.62. The van der Waals surface area contributed by atoms with Gasteiger partial charge >= 0.3 is 0 Å². The van der Waals surface area contributed by atoms with Gasteiger partial charge in [0.05, 0.1) is 0 Å². The molecule has 0 aromatic rings. The Morgan fingerprint density at radius 2 is 1.94 bits per heavy atom. The summed E-state index contributed by atoms with van der Waals surface area (Å²) in [7, 11) is 0. The predicted octanol–water partition coefficient (Wildman–Crippen LogP) is 3.28. The van der Waals surface area contributed by atoms with Crippen molar-refractivity contribution in [2.45, 2.75) is 65.3 Å². The first-order chi connectivity index (χ1) is 8.65. The average molecular weight is 252 g/mol. The van der Waals surface area contributed by atoms with E-state index in [1.807, 2.05) is 0 Å². The standard InChI is InChI=1S/C16H32N2/c1-4-17-12-16(8-5-6-9-16)13-18-10-7-14(2)11-15(18)3/h14-15,17H,4-13H2,1-3H3. The highest BCUT2D eigenvalue weighted by molar-refractivity contribution is 4.91. The van der Waals surface area contributed by atoms with Crippen molar-refractivity contribution in [2.75, 3.05) is 26.2 Å². The van der Waals surface area contributed by atoms with Crippen LogP contribution in [-0.4, -0.2) is 37.1 Å². The molecular formula is C16H32N2. The van der Waals surface area contributed by atoms with Crippen molar-refractivity contribution in [1.82, 2.24) is 10.2 Å². The molecule has 0 aromatic carbocycles. The van der Waals surface area contributed by atoms with Crippen molar-refractivity contribution in [2.24, 2.45) is 11.3 Å². The normalized spacial score (nSPS) is 32.8. The lowest BCUT2D eigenvalue weighted by atomic mass is 9.83. The molecule has 2 unspecified atom stereocenters. The van der Waals surface area contributed by atoms with E-state index in [0.717, 1.165) is 18.5 Å². The van der Waals surface area contributed by atoms with Crippen LogP contribution in [0.4, 0.5) is 0 Å². The molecule has 0 bridgehead atoms. The molecule has 1 heterocycles. The summed E-state index contributed by atoms with van der Waals surface area (Å²) in [4.78, 5) is 2.78. The van der Waals surface area contributed by atoms with E-state index in [4.69, 9.17) is 0 Å². The number of hydrogen-bond acceptors (Lipinski definition) is 2. The van der Waals surface area contributed by atoms with Crippen molar-refractivity contribution < 1.29 is 0 Å². The van der Waals surface area contributed by atoms with E-state index in [0.29, 0.717) is 5.41 Å². The molecule has 0 spiro atoms. The van der Waals surface area contributed by atoms with Crippen LogP contribution in [0, 0.1) is 11.3 Å². The highest BCUT2D eigenvalue weighted by Gasteiger charge is 2.37. The second-order valence-electron chi connectivity index (χ2n) is 6.94. The number of piperidine rings is 1. The van der Waals surface area contributed by atoms with Crippen LogP contribution in [0.25, 0.3) is 0 Å². The monoisotopic (exact) mass is 252 g/mol. The fourth-order valence-corrected chi connectivity index (χ4v) is 4.03. The number of hydrogen-bond donors (Lipinski definition) is 1. The van der Waals surface area contributed by atoms with Crippen LogP contribution in [0.3, 0.4) is 0 Å². The maximum absolute atomic E-state index is 3.62. The Morgan fingerprint density at radius 3 is 2.56 bits per heavy atom. The maximum Gasteiger partial charge on any atom is 0.00697 e. The zero-order chi connectivity index (χ0) is 13.0. The molecule has 2 nitrogen and oxygen atoms in total. The van der Waals surface area contributed by atoms with Gasteiger partial charge in [-0.15, -0.1) is 0 Å². The minimum absolute atomic E-state index is 0.588. The summed E-state index contributed by atoms with van der Waals surface area (Å²) in [6.45, 7) is 12.1. The van der Waals surface area contributed by atoms with E-state index in [9.17, 15) is 0 Å². The lowest BCUT2D eigenvalue weighted by Crippen LogP contribution is -2.48. The van der Waals surface area contributed by atoms with E-state index in [2.05, 4.69) is 31.0 Å². The Morgan fingerprint density at radius 1 is 1.22 bits per heavy atom. The van der Waals surface area contributed by atoms with Crippen molar-refractivity contribution in [3.8, 4) is 0 Å². The molecule has 1 saturated heterocycles. The summed E-state index contributed by atoms with van der Waals surface area (Å²) in [6, 6.07) is 0.799. The molecule has 1 aliphatic heterocycles. The number of nitrogens with zero attached hydrogens (tertiary/aromatic N) is 1. The molecule has 2 fully saturated rings. The lowest BCUT2D eigenvalue weighted by Gasteiger charge is -2.42. The third-order valence-corrected chi connectivity index (χ3v) is 5.23. The summed E-state index contributed by atoms with van der Waals surface area (Å²) in [5.74, 6) is 0.935. The van der Waals surface area contributed by atoms with Gasteiger partial charge in [0.2, 0.25) is 0 Å². The van der Waals surface area contributed by atoms with E-state index < -0.39 is 0 Å². The molecule has 18 heavy (non-hydrogen) atoms. The van der Waals surface area contributed by atoms with Crippen LogP contribution in [0.1, 0.15) is 59.3 Å². The van der Waals surface area contributed by atoms with Gasteiger partial charge in [0.1, 0.15) is 0 Å². The van der Waals surface area contributed by atoms with E-state index in [1.54, 1.807) is 0 Å². The highest BCUT2D eigenvalue weighted by Crippen LogP contribution is 2.39. The summed E-state index contributed by atoms with van der Waals surface area (Å²) in [6.07, 6.45) is 8.59. The Bertz CT molecular complexity index is 245. The van der Waals surface area contributed by atoms with E-state index in [1.165, 1.54) is 58.2 Å². The smallest absolute Gasteiger partial charge is 0.00697 e. The zero-order valence-corrected chi connectivity index (χ0v) is 12.7. The second kappa shape index (κ2) is 6.38. The first kappa shape index (κ1) is 14.3. The fraction of sp³-hybridized carbons (Fsp3) is 1.00. The SMILES string of the molecule is CCNCC1(CN2CCC(C)CC2C)CCCC1. The molecular weight excluding hydrogens is 220 g/mol. The Kier molecular flexibility index (Phi) is 5.08. The van der Waals surface area contributed by atoms with Crippen LogP contribution in [0.5, 0.6) is 0 Å². The zero-order valence-electron chi connectivity index (χ0n) is 12.7. The van der Waals surface area contributed by atoms with Gasteiger partial charge in [-0.3, -0.25) is 0 Å². The molecule has 0 aromatic heterocycles.